The van der Waals surface area contributed by atoms with Gasteiger partial charge in [0, 0.05) is 13.0 Å². The van der Waals surface area contributed by atoms with E-state index in [9.17, 15) is 5.11 Å². The van der Waals surface area contributed by atoms with Gasteiger partial charge in [0.05, 0.1) is 5.60 Å². The van der Waals surface area contributed by atoms with Crippen molar-refractivity contribution in [2.75, 3.05) is 19.6 Å². The molecule has 0 heterocycles. The Morgan fingerprint density at radius 2 is 2.07 bits per heavy atom. The molecule has 0 amide bonds. The van der Waals surface area contributed by atoms with Gasteiger partial charge in [-0.05, 0) is 33.4 Å². The van der Waals surface area contributed by atoms with E-state index < -0.39 is 5.60 Å². The number of amidine groups is 1. The number of oxime groups is 1. The molecule has 0 aliphatic carbocycles. The fourth-order valence-electron chi connectivity index (χ4n) is 1.43. The predicted octanol–water partition coefficient (Wildman–Crippen LogP) is 0.606. The molecule has 4 N–H and O–H groups in total. The average Bonchev–Trinajstić information content (AvgIpc) is 2.14. The Kier molecular flexibility index (Phi) is 6.27. The van der Waals surface area contributed by atoms with E-state index in [2.05, 4.69) is 17.0 Å². The Morgan fingerprint density at radius 3 is 2.47 bits per heavy atom. The maximum atomic E-state index is 9.64. The zero-order valence-corrected chi connectivity index (χ0v) is 9.90. The molecule has 5 heteroatoms. The smallest absolute Gasteiger partial charge is 0.139 e. The molecule has 0 bridgehead atoms. The molecule has 90 valence electrons. The number of hydrogen-bond donors (Lipinski definition) is 3. The average molecular weight is 217 g/mol. The molecule has 0 aromatic carbocycles. The van der Waals surface area contributed by atoms with Crippen molar-refractivity contribution >= 4 is 5.84 Å². The van der Waals surface area contributed by atoms with Crippen LogP contribution in [0.3, 0.4) is 0 Å². The summed E-state index contributed by atoms with van der Waals surface area (Å²) in [5.74, 6) is 0.259. The minimum Gasteiger partial charge on any atom is -0.409 e. The molecule has 0 unspecified atom stereocenters. The largest absolute Gasteiger partial charge is 0.409 e. The number of hydrogen-bond acceptors (Lipinski definition) is 4. The second-order valence-corrected chi connectivity index (χ2v) is 4.38. The summed E-state index contributed by atoms with van der Waals surface area (Å²) in [7, 11) is 0. The third-order valence-corrected chi connectivity index (χ3v) is 2.09. The molecule has 0 aliphatic heterocycles. The first kappa shape index (κ1) is 14.2. The minimum atomic E-state index is -0.674. The van der Waals surface area contributed by atoms with E-state index in [1.165, 1.54) is 0 Å². The topological polar surface area (TPSA) is 82.1 Å². The van der Waals surface area contributed by atoms with Gasteiger partial charge < -0.3 is 20.9 Å². The molecule has 0 rings (SSSR count). The highest BCUT2D eigenvalue weighted by atomic mass is 16.4. The molecule has 0 fully saturated rings. The van der Waals surface area contributed by atoms with Crippen LogP contribution in [0.1, 0.15) is 33.6 Å². The zero-order valence-electron chi connectivity index (χ0n) is 9.90. The Labute approximate surface area is 91.6 Å². The molecule has 0 aromatic rings. The van der Waals surface area contributed by atoms with Crippen LogP contribution in [-0.2, 0) is 0 Å². The molecule has 0 aliphatic rings. The second-order valence-electron chi connectivity index (χ2n) is 4.38. The summed E-state index contributed by atoms with van der Waals surface area (Å²) in [5, 5.41) is 20.9. The van der Waals surface area contributed by atoms with E-state index in [-0.39, 0.29) is 5.84 Å². The Morgan fingerprint density at radius 1 is 1.47 bits per heavy atom. The Bertz CT molecular complexity index is 199. The van der Waals surface area contributed by atoms with Crippen LogP contribution in [0.4, 0.5) is 0 Å². The SMILES string of the molecule is CCN(CCCC(N)=NO)CC(C)(C)O. The zero-order chi connectivity index (χ0) is 11.9. The van der Waals surface area contributed by atoms with Crippen LogP contribution in [-0.4, -0.2) is 46.3 Å². The lowest BCUT2D eigenvalue weighted by Gasteiger charge is -2.27. The van der Waals surface area contributed by atoms with Crippen molar-refractivity contribution in [3.8, 4) is 0 Å². The van der Waals surface area contributed by atoms with Crippen LogP contribution in [0.2, 0.25) is 0 Å². The van der Waals surface area contributed by atoms with Gasteiger partial charge in [0.15, 0.2) is 0 Å². The summed E-state index contributed by atoms with van der Waals surface area (Å²) in [6.45, 7) is 8.00. The number of nitrogens with two attached hydrogens (primary N) is 1. The van der Waals surface area contributed by atoms with E-state index in [0.29, 0.717) is 13.0 Å². The molecule has 0 saturated heterocycles. The molecule has 15 heavy (non-hydrogen) atoms. The van der Waals surface area contributed by atoms with Gasteiger partial charge in [0.2, 0.25) is 0 Å². The van der Waals surface area contributed by atoms with E-state index >= 15 is 0 Å². The van der Waals surface area contributed by atoms with Crippen LogP contribution in [0, 0.1) is 0 Å². The van der Waals surface area contributed by atoms with Gasteiger partial charge in [0.25, 0.3) is 0 Å². The van der Waals surface area contributed by atoms with Crippen molar-refractivity contribution < 1.29 is 10.3 Å². The molecule has 0 atom stereocenters. The van der Waals surface area contributed by atoms with E-state index in [1.54, 1.807) is 13.8 Å². The van der Waals surface area contributed by atoms with Crippen molar-refractivity contribution in [1.29, 1.82) is 0 Å². The molecular weight excluding hydrogens is 194 g/mol. The highest BCUT2D eigenvalue weighted by molar-refractivity contribution is 5.79. The fraction of sp³-hybridized carbons (Fsp3) is 0.900. The van der Waals surface area contributed by atoms with Gasteiger partial charge in [-0.15, -0.1) is 0 Å². The van der Waals surface area contributed by atoms with Crippen molar-refractivity contribution in [2.45, 2.75) is 39.2 Å². The standard InChI is InChI=1S/C10H23N3O2/c1-4-13(8-10(2,3)14)7-5-6-9(11)12-15/h14-15H,4-8H2,1-3H3,(H2,11,12). The number of likely N-dealkylation sites (N-methyl/N-ethyl adjacent to an activating group) is 1. The maximum absolute atomic E-state index is 9.64. The normalized spacial score (nSPS) is 13.5. The van der Waals surface area contributed by atoms with Crippen LogP contribution in [0.25, 0.3) is 0 Å². The summed E-state index contributed by atoms with van der Waals surface area (Å²) in [6.07, 6.45) is 1.42. The van der Waals surface area contributed by atoms with Crippen LogP contribution < -0.4 is 5.73 Å². The summed E-state index contributed by atoms with van der Waals surface area (Å²) < 4.78 is 0. The molecular formula is C10H23N3O2. The van der Waals surface area contributed by atoms with Crippen molar-refractivity contribution in [1.82, 2.24) is 4.90 Å². The van der Waals surface area contributed by atoms with Gasteiger partial charge in [-0.25, -0.2) is 0 Å². The van der Waals surface area contributed by atoms with Crippen molar-refractivity contribution in [2.24, 2.45) is 10.9 Å². The van der Waals surface area contributed by atoms with Crippen LogP contribution in [0.5, 0.6) is 0 Å². The molecule has 0 radical (unpaired) electrons. The summed E-state index contributed by atoms with van der Waals surface area (Å²) >= 11 is 0. The summed E-state index contributed by atoms with van der Waals surface area (Å²) in [5.41, 5.74) is 4.69. The lowest BCUT2D eigenvalue weighted by molar-refractivity contribution is 0.0377. The molecule has 5 nitrogen and oxygen atoms in total. The van der Waals surface area contributed by atoms with E-state index in [4.69, 9.17) is 10.9 Å². The molecule has 0 spiro atoms. The van der Waals surface area contributed by atoms with Gasteiger partial charge >= 0.3 is 0 Å². The first-order chi connectivity index (χ1) is 6.89. The van der Waals surface area contributed by atoms with Crippen molar-refractivity contribution in [3.63, 3.8) is 0 Å². The van der Waals surface area contributed by atoms with Gasteiger partial charge in [-0.2, -0.15) is 0 Å². The number of nitrogens with zero attached hydrogens (tertiary/aromatic N) is 2. The maximum Gasteiger partial charge on any atom is 0.139 e. The van der Waals surface area contributed by atoms with E-state index in [1.807, 2.05) is 0 Å². The Hall–Kier alpha value is -0.810. The fourth-order valence-corrected chi connectivity index (χ4v) is 1.43. The first-order valence-corrected chi connectivity index (χ1v) is 5.30. The van der Waals surface area contributed by atoms with Crippen LogP contribution >= 0.6 is 0 Å². The molecule has 0 saturated carbocycles. The quantitative estimate of drug-likeness (QED) is 0.252. The minimum absolute atomic E-state index is 0.259. The van der Waals surface area contributed by atoms with Crippen LogP contribution in [0.15, 0.2) is 5.16 Å². The third kappa shape index (κ3) is 8.20. The summed E-state index contributed by atoms with van der Waals surface area (Å²) in [6, 6.07) is 0. The predicted molar refractivity (Wildman–Crippen MR) is 61.1 cm³/mol. The second kappa shape index (κ2) is 6.63. The highest BCUT2D eigenvalue weighted by Gasteiger charge is 2.16. The highest BCUT2D eigenvalue weighted by Crippen LogP contribution is 2.05. The molecule has 0 aromatic heterocycles. The Balaban J connectivity index is 3.81. The summed E-state index contributed by atoms with van der Waals surface area (Å²) in [4.78, 5) is 2.14. The van der Waals surface area contributed by atoms with Gasteiger partial charge in [-0.1, -0.05) is 12.1 Å². The lowest BCUT2D eigenvalue weighted by Crippen LogP contribution is -2.39. The monoisotopic (exact) mass is 217 g/mol. The van der Waals surface area contributed by atoms with E-state index in [0.717, 1.165) is 19.5 Å². The number of rotatable bonds is 7. The first-order valence-electron chi connectivity index (χ1n) is 5.30. The number of aliphatic hydroxyl groups is 1. The van der Waals surface area contributed by atoms with Gasteiger partial charge in [0.1, 0.15) is 5.84 Å². The van der Waals surface area contributed by atoms with Gasteiger partial charge in [-0.3, -0.25) is 0 Å². The lowest BCUT2D eigenvalue weighted by atomic mass is 10.1. The van der Waals surface area contributed by atoms with Crippen molar-refractivity contribution in [3.05, 3.63) is 0 Å². The third-order valence-electron chi connectivity index (χ3n) is 2.09.